The second-order valence-electron chi connectivity index (χ2n) is 8.01. The first-order chi connectivity index (χ1) is 12.8. The summed E-state index contributed by atoms with van der Waals surface area (Å²) < 4.78 is 11.8. The van der Waals surface area contributed by atoms with Crippen LogP contribution in [0, 0.1) is 11.3 Å². The molecule has 0 radical (unpaired) electrons. The van der Waals surface area contributed by atoms with E-state index in [0.29, 0.717) is 11.3 Å². The zero-order valence-electron chi connectivity index (χ0n) is 16.2. The van der Waals surface area contributed by atoms with Crippen molar-refractivity contribution >= 4 is 29.9 Å². The van der Waals surface area contributed by atoms with Crippen LogP contribution >= 0.6 is 24.0 Å². The predicted molar refractivity (Wildman–Crippen MR) is 119 cm³/mol. The fourth-order valence-corrected chi connectivity index (χ4v) is 4.71. The molecule has 0 aromatic heterocycles. The summed E-state index contributed by atoms with van der Waals surface area (Å²) in [4.78, 5) is 6.97. The maximum atomic E-state index is 6.13. The van der Waals surface area contributed by atoms with Crippen LogP contribution in [-0.2, 0) is 9.47 Å². The summed E-state index contributed by atoms with van der Waals surface area (Å²) in [6.07, 6.45) is 4.92. The number of nitrogens with one attached hydrogen (secondary N) is 1. The lowest BCUT2D eigenvalue weighted by Gasteiger charge is -2.33. The summed E-state index contributed by atoms with van der Waals surface area (Å²) >= 11 is 0. The molecule has 3 aliphatic rings. The molecule has 3 aliphatic heterocycles. The fraction of sp³-hybridized carbons (Fsp3) is 0.667. The lowest BCUT2D eigenvalue weighted by molar-refractivity contribution is -0.0266. The molecule has 0 aliphatic carbocycles. The molecule has 27 heavy (non-hydrogen) atoms. The first kappa shape index (κ1) is 20.9. The molecular formula is C21H32IN3O2. The minimum absolute atomic E-state index is 0. The molecule has 150 valence electrons. The highest BCUT2D eigenvalue weighted by Gasteiger charge is 2.42. The highest BCUT2D eigenvalue weighted by Crippen LogP contribution is 2.38. The van der Waals surface area contributed by atoms with Crippen molar-refractivity contribution in [3.63, 3.8) is 0 Å². The summed E-state index contributed by atoms with van der Waals surface area (Å²) in [6, 6.07) is 10.6. The molecule has 3 heterocycles. The van der Waals surface area contributed by atoms with Gasteiger partial charge in [-0.25, -0.2) is 0 Å². The van der Waals surface area contributed by atoms with Gasteiger partial charge in [0.2, 0.25) is 0 Å². The molecule has 3 fully saturated rings. The Labute approximate surface area is 179 Å². The first-order valence-corrected chi connectivity index (χ1v) is 10.00. The van der Waals surface area contributed by atoms with E-state index in [9.17, 15) is 0 Å². The molecule has 5 nitrogen and oxygen atoms in total. The van der Waals surface area contributed by atoms with Crippen molar-refractivity contribution in [1.82, 2.24) is 10.2 Å². The Kier molecular flexibility index (Phi) is 7.39. The van der Waals surface area contributed by atoms with Crippen molar-refractivity contribution in [1.29, 1.82) is 0 Å². The molecule has 0 amide bonds. The minimum atomic E-state index is 0. The second-order valence-corrected chi connectivity index (χ2v) is 8.01. The van der Waals surface area contributed by atoms with Gasteiger partial charge in [-0.3, -0.25) is 4.99 Å². The Balaban J connectivity index is 0.00000210. The van der Waals surface area contributed by atoms with Gasteiger partial charge in [0.15, 0.2) is 5.96 Å². The van der Waals surface area contributed by atoms with Crippen molar-refractivity contribution in [2.45, 2.75) is 31.8 Å². The number of likely N-dealkylation sites (tertiary alicyclic amines) is 1. The second kappa shape index (κ2) is 9.56. The zero-order chi connectivity index (χ0) is 17.8. The van der Waals surface area contributed by atoms with E-state index in [1.165, 1.54) is 24.8 Å². The Morgan fingerprint density at radius 2 is 2.11 bits per heavy atom. The van der Waals surface area contributed by atoms with Gasteiger partial charge in [-0.1, -0.05) is 30.3 Å². The Morgan fingerprint density at radius 1 is 1.26 bits per heavy atom. The molecule has 1 spiro atoms. The summed E-state index contributed by atoms with van der Waals surface area (Å²) in [5.41, 5.74) is 1.65. The van der Waals surface area contributed by atoms with E-state index in [4.69, 9.17) is 9.47 Å². The maximum Gasteiger partial charge on any atom is 0.193 e. The molecule has 3 saturated heterocycles. The van der Waals surface area contributed by atoms with E-state index in [1.807, 2.05) is 7.05 Å². The van der Waals surface area contributed by atoms with Gasteiger partial charge < -0.3 is 19.7 Å². The van der Waals surface area contributed by atoms with Crippen molar-refractivity contribution in [2.75, 3.05) is 46.5 Å². The monoisotopic (exact) mass is 485 g/mol. The quantitative estimate of drug-likeness (QED) is 0.405. The average Bonchev–Trinajstić information content (AvgIpc) is 3.33. The van der Waals surface area contributed by atoms with E-state index in [2.05, 4.69) is 45.5 Å². The van der Waals surface area contributed by atoms with E-state index < -0.39 is 0 Å². The molecule has 3 atom stereocenters. The predicted octanol–water partition coefficient (Wildman–Crippen LogP) is 3.46. The maximum absolute atomic E-state index is 6.13. The third kappa shape index (κ3) is 4.77. The third-order valence-electron chi connectivity index (χ3n) is 6.23. The lowest BCUT2D eigenvalue weighted by Crippen LogP contribution is -2.44. The van der Waals surface area contributed by atoms with Gasteiger partial charge in [-0.2, -0.15) is 0 Å². The van der Waals surface area contributed by atoms with Gasteiger partial charge >= 0.3 is 0 Å². The van der Waals surface area contributed by atoms with Crippen LogP contribution in [0.1, 0.15) is 37.4 Å². The van der Waals surface area contributed by atoms with Gasteiger partial charge in [0.05, 0.1) is 12.7 Å². The minimum Gasteiger partial charge on any atom is -0.381 e. The topological polar surface area (TPSA) is 46.1 Å². The van der Waals surface area contributed by atoms with Crippen LogP contribution in [0.2, 0.25) is 0 Å². The summed E-state index contributed by atoms with van der Waals surface area (Å²) in [7, 11) is 1.89. The van der Waals surface area contributed by atoms with Gasteiger partial charge in [-0.05, 0) is 31.2 Å². The number of guanidine groups is 1. The number of nitrogens with zero attached hydrogens (tertiary/aromatic N) is 2. The number of rotatable bonds is 3. The van der Waals surface area contributed by atoms with Crippen LogP contribution in [0.4, 0.5) is 0 Å². The molecule has 0 saturated carbocycles. The summed E-state index contributed by atoms with van der Waals surface area (Å²) in [5, 5.41) is 3.64. The zero-order valence-corrected chi connectivity index (χ0v) is 18.6. The fourth-order valence-electron chi connectivity index (χ4n) is 4.71. The summed E-state index contributed by atoms with van der Waals surface area (Å²) in [5.74, 6) is 1.51. The molecule has 4 rings (SSSR count). The SMILES string of the molecule is CN=C(NCC1CCCOC1c1ccccc1)N1CCC2(CCOC2)C1.I. The van der Waals surface area contributed by atoms with Gasteiger partial charge in [0, 0.05) is 51.2 Å². The molecule has 1 aromatic rings. The van der Waals surface area contributed by atoms with E-state index in [0.717, 1.165) is 51.8 Å². The lowest BCUT2D eigenvalue weighted by atomic mass is 9.87. The number of hydrogen-bond acceptors (Lipinski definition) is 3. The Hall–Kier alpha value is -0.860. The highest BCUT2D eigenvalue weighted by molar-refractivity contribution is 14.0. The number of benzene rings is 1. The van der Waals surface area contributed by atoms with E-state index >= 15 is 0 Å². The Bertz CT molecular complexity index is 619. The number of aliphatic imine (C=N–C) groups is 1. The number of halogens is 1. The van der Waals surface area contributed by atoms with Crippen LogP contribution in [0.5, 0.6) is 0 Å². The van der Waals surface area contributed by atoms with Gasteiger partial charge in [0.25, 0.3) is 0 Å². The van der Waals surface area contributed by atoms with Gasteiger partial charge in [-0.15, -0.1) is 24.0 Å². The molecular weight excluding hydrogens is 453 g/mol. The number of ether oxygens (including phenoxy) is 2. The normalized spacial score (nSPS) is 31.1. The summed E-state index contributed by atoms with van der Waals surface area (Å²) in [6.45, 7) is 5.74. The smallest absolute Gasteiger partial charge is 0.193 e. The average molecular weight is 485 g/mol. The molecule has 1 N–H and O–H groups in total. The third-order valence-corrected chi connectivity index (χ3v) is 6.23. The highest BCUT2D eigenvalue weighted by atomic mass is 127. The van der Waals surface area contributed by atoms with Crippen molar-refractivity contribution in [2.24, 2.45) is 16.3 Å². The molecule has 6 heteroatoms. The van der Waals surface area contributed by atoms with E-state index in [-0.39, 0.29) is 30.1 Å². The first-order valence-electron chi connectivity index (χ1n) is 10.00. The molecule has 3 unspecified atom stereocenters. The van der Waals surface area contributed by atoms with Crippen molar-refractivity contribution in [3.05, 3.63) is 35.9 Å². The van der Waals surface area contributed by atoms with Gasteiger partial charge in [0.1, 0.15) is 0 Å². The standard InChI is InChI=1S/C21H31N3O2.HI/c1-22-20(24-11-9-21(15-24)10-13-25-16-21)23-14-18-8-5-12-26-19(18)17-6-3-2-4-7-17;/h2-4,6-7,18-19H,5,8-16H2,1H3,(H,22,23);1H. The Morgan fingerprint density at radius 3 is 2.85 bits per heavy atom. The van der Waals surface area contributed by atoms with Crippen LogP contribution in [0.15, 0.2) is 35.3 Å². The molecule has 0 bridgehead atoms. The van der Waals surface area contributed by atoms with E-state index in [1.54, 1.807) is 0 Å². The van der Waals surface area contributed by atoms with Crippen LogP contribution in [0.3, 0.4) is 0 Å². The number of hydrogen-bond donors (Lipinski definition) is 1. The van der Waals surface area contributed by atoms with Crippen LogP contribution in [-0.4, -0.2) is 57.4 Å². The van der Waals surface area contributed by atoms with Crippen LogP contribution < -0.4 is 5.32 Å². The van der Waals surface area contributed by atoms with Crippen molar-refractivity contribution < 1.29 is 9.47 Å². The molecule has 1 aromatic carbocycles. The van der Waals surface area contributed by atoms with Crippen LogP contribution in [0.25, 0.3) is 0 Å². The largest absolute Gasteiger partial charge is 0.381 e. The van der Waals surface area contributed by atoms with Crippen molar-refractivity contribution in [3.8, 4) is 0 Å².